The van der Waals surface area contributed by atoms with E-state index in [0.717, 1.165) is 48.9 Å². The Kier molecular flexibility index (Phi) is 5.44. The standard InChI is InChI=1S/C16H25N3O2/c1-5-9-17-15(13-8-7-12(3)21-13)16-14(20-4)11-18-19(16)10-6-2/h7-8,11,15,17H,5-6,9-10H2,1-4H3. The Labute approximate surface area is 126 Å². The van der Waals surface area contributed by atoms with Gasteiger partial charge in [-0.05, 0) is 38.4 Å². The van der Waals surface area contributed by atoms with Crippen molar-refractivity contribution < 1.29 is 9.15 Å². The van der Waals surface area contributed by atoms with E-state index in [-0.39, 0.29) is 6.04 Å². The molecular weight excluding hydrogens is 266 g/mol. The summed E-state index contributed by atoms with van der Waals surface area (Å²) in [6.45, 7) is 8.02. The summed E-state index contributed by atoms with van der Waals surface area (Å²) in [5, 5.41) is 7.99. The van der Waals surface area contributed by atoms with Crippen LogP contribution in [-0.2, 0) is 6.54 Å². The number of methoxy groups -OCH3 is 1. The third-order valence-electron chi connectivity index (χ3n) is 3.42. The van der Waals surface area contributed by atoms with Crippen LogP contribution in [0, 0.1) is 6.92 Å². The quantitative estimate of drug-likeness (QED) is 0.811. The van der Waals surface area contributed by atoms with Crippen LogP contribution in [-0.4, -0.2) is 23.4 Å². The number of furan rings is 1. The minimum absolute atomic E-state index is 0.0392. The van der Waals surface area contributed by atoms with Gasteiger partial charge in [-0.25, -0.2) is 0 Å². The van der Waals surface area contributed by atoms with Gasteiger partial charge in [-0.2, -0.15) is 5.10 Å². The first-order valence-corrected chi connectivity index (χ1v) is 7.60. The largest absolute Gasteiger partial charge is 0.493 e. The molecule has 0 radical (unpaired) electrons. The van der Waals surface area contributed by atoms with Crippen molar-refractivity contribution in [1.29, 1.82) is 0 Å². The number of rotatable bonds is 8. The lowest BCUT2D eigenvalue weighted by Gasteiger charge is -2.19. The van der Waals surface area contributed by atoms with Gasteiger partial charge in [-0.15, -0.1) is 0 Å². The second-order valence-electron chi connectivity index (χ2n) is 5.16. The second kappa shape index (κ2) is 7.31. The summed E-state index contributed by atoms with van der Waals surface area (Å²) in [4.78, 5) is 0. The molecule has 0 fully saturated rings. The van der Waals surface area contributed by atoms with E-state index in [1.54, 1.807) is 13.3 Å². The number of ether oxygens (including phenoxy) is 1. The van der Waals surface area contributed by atoms with Crippen molar-refractivity contribution in [1.82, 2.24) is 15.1 Å². The molecule has 5 heteroatoms. The Morgan fingerprint density at radius 2 is 2.14 bits per heavy atom. The predicted octanol–water partition coefficient (Wildman–Crippen LogP) is 3.29. The van der Waals surface area contributed by atoms with Gasteiger partial charge in [0.1, 0.15) is 23.3 Å². The smallest absolute Gasteiger partial charge is 0.162 e. The molecule has 2 aromatic heterocycles. The van der Waals surface area contributed by atoms with E-state index < -0.39 is 0 Å². The molecule has 0 amide bonds. The van der Waals surface area contributed by atoms with E-state index in [2.05, 4.69) is 24.3 Å². The molecule has 21 heavy (non-hydrogen) atoms. The molecule has 0 saturated heterocycles. The third-order valence-corrected chi connectivity index (χ3v) is 3.42. The van der Waals surface area contributed by atoms with Gasteiger partial charge in [0.15, 0.2) is 5.75 Å². The molecule has 2 heterocycles. The highest BCUT2D eigenvalue weighted by Gasteiger charge is 2.25. The molecule has 0 aliphatic heterocycles. The predicted molar refractivity (Wildman–Crippen MR) is 82.7 cm³/mol. The number of nitrogens with zero attached hydrogens (tertiary/aromatic N) is 2. The van der Waals surface area contributed by atoms with Crippen molar-refractivity contribution in [3.63, 3.8) is 0 Å². The van der Waals surface area contributed by atoms with Crippen LogP contribution < -0.4 is 10.1 Å². The summed E-state index contributed by atoms with van der Waals surface area (Å²) in [5.74, 6) is 2.61. The zero-order chi connectivity index (χ0) is 15.2. The summed E-state index contributed by atoms with van der Waals surface area (Å²) in [6.07, 6.45) is 3.86. The van der Waals surface area contributed by atoms with E-state index in [9.17, 15) is 0 Å². The molecule has 2 aromatic rings. The van der Waals surface area contributed by atoms with Crippen molar-refractivity contribution in [3.8, 4) is 5.75 Å². The number of hydrogen-bond acceptors (Lipinski definition) is 4. The molecule has 0 aliphatic rings. The molecule has 5 nitrogen and oxygen atoms in total. The molecule has 0 bridgehead atoms. The lowest BCUT2D eigenvalue weighted by molar-refractivity contribution is 0.377. The summed E-state index contributed by atoms with van der Waals surface area (Å²) < 4.78 is 13.3. The molecule has 0 spiro atoms. The molecule has 0 saturated carbocycles. The van der Waals surface area contributed by atoms with Gasteiger partial charge < -0.3 is 14.5 Å². The Morgan fingerprint density at radius 1 is 1.33 bits per heavy atom. The summed E-state index contributed by atoms with van der Waals surface area (Å²) in [7, 11) is 1.68. The second-order valence-corrected chi connectivity index (χ2v) is 5.16. The van der Waals surface area contributed by atoms with Gasteiger partial charge in [0.25, 0.3) is 0 Å². The number of nitrogens with one attached hydrogen (secondary N) is 1. The Balaban J connectivity index is 2.42. The highest BCUT2D eigenvalue weighted by atomic mass is 16.5. The van der Waals surface area contributed by atoms with Crippen molar-refractivity contribution in [3.05, 3.63) is 35.5 Å². The summed E-state index contributed by atoms with van der Waals surface area (Å²) in [5.41, 5.74) is 1.03. The zero-order valence-electron chi connectivity index (χ0n) is 13.3. The van der Waals surface area contributed by atoms with Gasteiger partial charge in [-0.3, -0.25) is 4.68 Å². The number of aryl methyl sites for hydroxylation is 2. The zero-order valence-corrected chi connectivity index (χ0v) is 13.3. The van der Waals surface area contributed by atoms with Gasteiger partial charge in [-0.1, -0.05) is 13.8 Å². The molecule has 1 unspecified atom stereocenters. The lowest BCUT2D eigenvalue weighted by atomic mass is 10.1. The molecule has 1 atom stereocenters. The average Bonchev–Trinajstić information content (AvgIpc) is 3.07. The Morgan fingerprint density at radius 3 is 2.71 bits per heavy atom. The molecule has 1 N–H and O–H groups in total. The number of hydrogen-bond donors (Lipinski definition) is 1. The minimum Gasteiger partial charge on any atom is -0.493 e. The van der Waals surface area contributed by atoms with E-state index in [1.165, 1.54) is 0 Å². The van der Waals surface area contributed by atoms with E-state index in [4.69, 9.17) is 9.15 Å². The first-order chi connectivity index (χ1) is 10.2. The molecule has 116 valence electrons. The van der Waals surface area contributed by atoms with Crippen LogP contribution >= 0.6 is 0 Å². The normalized spacial score (nSPS) is 12.6. The molecule has 0 aromatic carbocycles. The summed E-state index contributed by atoms with van der Waals surface area (Å²) >= 11 is 0. The molecule has 2 rings (SSSR count). The topological polar surface area (TPSA) is 52.2 Å². The monoisotopic (exact) mass is 291 g/mol. The van der Waals surface area contributed by atoms with Crippen LogP contribution in [0.2, 0.25) is 0 Å². The van der Waals surface area contributed by atoms with Crippen molar-refractivity contribution in [2.75, 3.05) is 13.7 Å². The number of aromatic nitrogens is 2. The maximum absolute atomic E-state index is 5.84. The fourth-order valence-corrected chi connectivity index (χ4v) is 2.45. The fourth-order valence-electron chi connectivity index (χ4n) is 2.45. The van der Waals surface area contributed by atoms with Crippen LogP contribution in [0.25, 0.3) is 0 Å². The minimum atomic E-state index is -0.0392. The first kappa shape index (κ1) is 15.6. The van der Waals surface area contributed by atoms with Crippen LogP contribution in [0.5, 0.6) is 5.75 Å². The van der Waals surface area contributed by atoms with E-state index in [0.29, 0.717) is 0 Å². The molecule has 0 aliphatic carbocycles. The van der Waals surface area contributed by atoms with Gasteiger partial charge in [0, 0.05) is 6.54 Å². The highest BCUT2D eigenvalue weighted by molar-refractivity contribution is 5.33. The van der Waals surface area contributed by atoms with Crippen LogP contribution in [0.15, 0.2) is 22.7 Å². The van der Waals surface area contributed by atoms with Crippen molar-refractivity contribution in [2.24, 2.45) is 0 Å². The highest BCUT2D eigenvalue weighted by Crippen LogP contribution is 2.31. The molecular formula is C16H25N3O2. The fraction of sp³-hybridized carbons (Fsp3) is 0.562. The SMILES string of the molecule is CCCNC(c1ccc(C)o1)c1c(OC)cnn1CCC. The van der Waals surface area contributed by atoms with Gasteiger partial charge in [0.05, 0.1) is 13.3 Å². The first-order valence-electron chi connectivity index (χ1n) is 7.60. The lowest BCUT2D eigenvalue weighted by Crippen LogP contribution is -2.26. The van der Waals surface area contributed by atoms with Gasteiger partial charge in [0.2, 0.25) is 0 Å². The van der Waals surface area contributed by atoms with Crippen LogP contribution in [0.3, 0.4) is 0 Å². The van der Waals surface area contributed by atoms with E-state index in [1.807, 2.05) is 23.7 Å². The van der Waals surface area contributed by atoms with Crippen molar-refractivity contribution >= 4 is 0 Å². The maximum atomic E-state index is 5.84. The van der Waals surface area contributed by atoms with Crippen LogP contribution in [0.4, 0.5) is 0 Å². The van der Waals surface area contributed by atoms with Crippen LogP contribution in [0.1, 0.15) is 49.9 Å². The van der Waals surface area contributed by atoms with Gasteiger partial charge >= 0.3 is 0 Å². The maximum Gasteiger partial charge on any atom is 0.162 e. The Hall–Kier alpha value is -1.75. The van der Waals surface area contributed by atoms with E-state index >= 15 is 0 Å². The third kappa shape index (κ3) is 3.47. The van der Waals surface area contributed by atoms with Crippen molar-refractivity contribution in [2.45, 2.75) is 46.2 Å². The Bertz CT molecular complexity index is 560. The summed E-state index contributed by atoms with van der Waals surface area (Å²) in [6, 6.07) is 3.97. The average molecular weight is 291 g/mol.